The molecule has 2 aromatic carbocycles. The fourth-order valence-corrected chi connectivity index (χ4v) is 8.11. The van der Waals surface area contributed by atoms with Crippen molar-refractivity contribution in [3.8, 4) is 0 Å². The van der Waals surface area contributed by atoms with E-state index in [4.69, 9.17) is 0 Å². The minimum absolute atomic E-state index is 0.0110. The molecule has 1 unspecified atom stereocenters. The van der Waals surface area contributed by atoms with Gasteiger partial charge in [-0.2, -0.15) is 5.10 Å². The SMILES string of the molecule is CCc1cc(CC(NC(=O)N2CCC(N3CCc4ccccc4NC3=O)CC2)C(=O)N2CCC(N3CCNCC3)CC2)cc2cn[nH]c12. The van der Waals surface area contributed by atoms with Crippen molar-refractivity contribution in [1.82, 2.24) is 40.4 Å². The first kappa shape index (κ1) is 32.4. The van der Waals surface area contributed by atoms with Gasteiger partial charge in [-0.1, -0.05) is 31.2 Å². The summed E-state index contributed by atoms with van der Waals surface area (Å²) in [6, 6.07) is 11.8. The number of urea groups is 2. The summed E-state index contributed by atoms with van der Waals surface area (Å²) in [6.45, 7) is 9.39. The second-order valence-electron chi connectivity index (χ2n) is 13.7. The van der Waals surface area contributed by atoms with Gasteiger partial charge in [0, 0.05) is 88.5 Å². The van der Waals surface area contributed by atoms with Gasteiger partial charge in [-0.3, -0.25) is 14.8 Å². The van der Waals surface area contributed by atoms with Gasteiger partial charge in [-0.15, -0.1) is 0 Å². The Morgan fingerprint density at radius 1 is 0.938 bits per heavy atom. The van der Waals surface area contributed by atoms with E-state index in [1.165, 1.54) is 0 Å². The molecule has 0 saturated carbocycles. The van der Waals surface area contributed by atoms with Gasteiger partial charge >= 0.3 is 12.1 Å². The van der Waals surface area contributed by atoms with Crippen molar-refractivity contribution in [1.29, 1.82) is 0 Å². The van der Waals surface area contributed by atoms with Crippen LogP contribution in [0.15, 0.2) is 42.6 Å². The molecule has 256 valence electrons. The van der Waals surface area contributed by atoms with Crippen LogP contribution in [0.1, 0.15) is 49.3 Å². The van der Waals surface area contributed by atoms with E-state index in [1.807, 2.05) is 39.1 Å². The van der Waals surface area contributed by atoms with Crippen LogP contribution >= 0.6 is 0 Å². The number of carbonyl (C=O) groups is 3. The number of piperazine rings is 1. The lowest BCUT2D eigenvalue weighted by Crippen LogP contribution is -2.58. The van der Waals surface area contributed by atoms with Crippen molar-refractivity contribution in [2.45, 2.75) is 70.0 Å². The number of aryl methyl sites for hydroxylation is 1. The molecule has 5 amide bonds. The Hall–Kier alpha value is -4.16. The maximum atomic E-state index is 14.2. The Labute approximate surface area is 282 Å². The molecule has 1 aromatic heterocycles. The second-order valence-corrected chi connectivity index (χ2v) is 13.7. The molecule has 48 heavy (non-hydrogen) atoms. The highest BCUT2D eigenvalue weighted by atomic mass is 16.2. The smallest absolute Gasteiger partial charge is 0.322 e. The third-order valence-electron chi connectivity index (χ3n) is 10.9. The number of H-pyrrole nitrogens is 1. The van der Waals surface area contributed by atoms with Crippen LogP contribution in [0.3, 0.4) is 0 Å². The van der Waals surface area contributed by atoms with Crippen molar-refractivity contribution in [2.24, 2.45) is 0 Å². The van der Waals surface area contributed by atoms with E-state index in [0.717, 1.165) is 85.1 Å². The highest BCUT2D eigenvalue weighted by Crippen LogP contribution is 2.26. The topological polar surface area (TPSA) is 129 Å². The van der Waals surface area contributed by atoms with Crippen LogP contribution in [0.5, 0.6) is 0 Å². The molecular formula is C36H49N9O3. The quantitative estimate of drug-likeness (QED) is 0.310. The van der Waals surface area contributed by atoms with E-state index in [2.05, 4.69) is 56.2 Å². The average Bonchev–Trinajstić information content (AvgIpc) is 3.54. The van der Waals surface area contributed by atoms with E-state index in [-0.39, 0.29) is 24.0 Å². The number of fused-ring (bicyclic) bond motifs is 2. The Kier molecular flexibility index (Phi) is 9.81. The summed E-state index contributed by atoms with van der Waals surface area (Å²) in [6.07, 6.45) is 7.19. The number of carbonyl (C=O) groups excluding carboxylic acids is 3. The monoisotopic (exact) mass is 655 g/mol. The molecule has 4 N–H and O–H groups in total. The number of rotatable bonds is 7. The lowest BCUT2D eigenvalue weighted by molar-refractivity contribution is -0.134. The number of nitrogens with one attached hydrogen (secondary N) is 4. The molecule has 0 aliphatic carbocycles. The van der Waals surface area contributed by atoms with Gasteiger partial charge in [0.2, 0.25) is 5.91 Å². The Bertz CT molecular complexity index is 1600. The first-order valence-electron chi connectivity index (χ1n) is 17.9. The molecular weight excluding hydrogens is 606 g/mol. The highest BCUT2D eigenvalue weighted by Gasteiger charge is 2.35. The van der Waals surface area contributed by atoms with Gasteiger partial charge < -0.3 is 30.7 Å². The number of likely N-dealkylation sites (tertiary alicyclic amines) is 2. The maximum absolute atomic E-state index is 14.2. The predicted molar refractivity (Wildman–Crippen MR) is 186 cm³/mol. The van der Waals surface area contributed by atoms with Crippen LogP contribution in [0, 0.1) is 0 Å². The van der Waals surface area contributed by atoms with Crippen LogP contribution in [0.4, 0.5) is 15.3 Å². The van der Waals surface area contributed by atoms with Crippen molar-refractivity contribution >= 4 is 34.6 Å². The van der Waals surface area contributed by atoms with Crippen molar-refractivity contribution in [2.75, 3.05) is 64.2 Å². The van der Waals surface area contributed by atoms with Crippen LogP contribution in [0.2, 0.25) is 0 Å². The standard InChI is InChI=1S/C36H49N9O3/c1-2-26-21-25(22-28-24-38-41-33(26)28)23-32(34(46)43-14-8-29(9-15-43)42-19-12-37-13-20-42)40-35(47)44-16-10-30(11-17-44)45-18-7-27-5-3-4-6-31(27)39-36(45)48/h3-6,21-22,24,29-30,32,37H,2,7-20,23H2,1H3,(H,38,41)(H,39,48)(H,40,47). The van der Waals surface area contributed by atoms with Gasteiger partial charge in [-0.25, -0.2) is 9.59 Å². The van der Waals surface area contributed by atoms with Crippen LogP contribution in [-0.2, 0) is 24.1 Å². The zero-order chi connectivity index (χ0) is 33.0. The van der Waals surface area contributed by atoms with Crippen molar-refractivity contribution in [3.05, 3.63) is 59.3 Å². The number of para-hydroxylation sites is 1. The van der Waals surface area contributed by atoms with Gasteiger partial charge in [0.15, 0.2) is 0 Å². The van der Waals surface area contributed by atoms with Gasteiger partial charge in [0.1, 0.15) is 6.04 Å². The molecule has 12 nitrogen and oxygen atoms in total. The van der Waals surface area contributed by atoms with E-state index >= 15 is 0 Å². The van der Waals surface area contributed by atoms with E-state index in [1.54, 1.807) is 0 Å². The first-order chi connectivity index (χ1) is 23.5. The molecule has 7 rings (SSSR count). The lowest BCUT2D eigenvalue weighted by atomic mass is 9.97. The Balaban J connectivity index is 1.01. The van der Waals surface area contributed by atoms with Crippen molar-refractivity contribution < 1.29 is 14.4 Å². The average molecular weight is 656 g/mol. The van der Waals surface area contributed by atoms with E-state index < -0.39 is 6.04 Å². The zero-order valence-corrected chi connectivity index (χ0v) is 28.0. The number of hydrogen-bond donors (Lipinski definition) is 4. The third-order valence-corrected chi connectivity index (χ3v) is 10.9. The minimum Gasteiger partial charge on any atom is -0.341 e. The zero-order valence-electron chi connectivity index (χ0n) is 28.0. The number of amides is 5. The molecule has 0 radical (unpaired) electrons. The fourth-order valence-electron chi connectivity index (χ4n) is 8.11. The highest BCUT2D eigenvalue weighted by molar-refractivity contribution is 5.91. The lowest BCUT2D eigenvalue weighted by Gasteiger charge is -2.41. The molecule has 1 atom stereocenters. The maximum Gasteiger partial charge on any atom is 0.322 e. The number of aromatic nitrogens is 2. The molecule has 3 fully saturated rings. The normalized spacial score (nSPS) is 20.7. The second kappa shape index (κ2) is 14.5. The van der Waals surface area contributed by atoms with Crippen LogP contribution in [-0.4, -0.2) is 125 Å². The summed E-state index contributed by atoms with van der Waals surface area (Å²) in [5.41, 5.74) is 5.21. The number of hydrogen-bond acceptors (Lipinski definition) is 6. The summed E-state index contributed by atoms with van der Waals surface area (Å²) in [7, 11) is 0. The molecule has 12 heteroatoms. The molecule has 0 spiro atoms. The van der Waals surface area contributed by atoms with E-state index in [9.17, 15) is 14.4 Å². The third kappa shape index (κ3) is 7.00. The molecule has 4 aliphatic rings. The first-order valence-corrected chi connectivity index (χ1v) is 17.9. The summed E-state index contributed by atoms with van der Waals surface area (Å²) in [5, 5.41) is 18.0. The summed E-state index contributed by atoms with van der Waals surface area (Å²) >= 11 is 0. The van der Waals surface area contributed by atoms with Crippen molar-refractivity contribution in [3.63, 3.8) is 0 Å². The Morgan fingerprint density at radius 2 is 1.67 bits per heavy atom. The van der Waals surface area contributed by atoms with E-state index in [0.29, 0.717) is 58.0 Å². The summed E-state index contributed by atoms with van der Waals surface area (Å²) in [5.74, 6) is -0.0110. The molecule has 3 saturated heterocycles. The molecule has 3 aromatic rings. The number of aromatic amines is 1. The fraction of sp³-hybridized carbons (Fsp3) is 0.556. The number of piperidine rings is 2. The Morgan fingerprint density at radius 3 is 2.44 bits per heavy atom. The number of nitrogens with zero attached hydrogens (tertiary/aromatic N) is 5. The number of anilines is 1. The van der Waals surface area contributed by atoms with Crippen LogP contribution < -0.4 is 16.0 Å². The van der Waals surface area contributed by atoms with Gasteiger partial charge in [0.25, 0.3) is 0 Å². The number of benzene rings is 2. The summed E-state index contributed by atoms with van der Waals surface area (Å²) in [4.78, 5) is 49.4. The predicted octanol–water partition coefficient (Wildman–Crippen LogP) is 3.20. The summed E-state index contributed by atoms with van der Waals surface area (Å²) < 4.78 is 0. The molecule has 5 heterocycles. The molecule has 0 bridgehead atoms. The largest absolute Gasteiger partial charge is 0.341 e. The minimum atomic E-state index is -0.671. The molecule has 4 aliphatic heterocycles. The van der Waals surface area contributed by atoms with Crippen LogP contribution in [0.25, 0.3) is 10.9 Å². The van der Waals surface area contributed by atoms with Gasteiger partial charge in [-0.05, 0) is 67.3 Å². The van der Waals surface area contributed by atoms with Gasteiger partial charge in [0.05, 0.1) is 11.7 Å².